The third kappa shape index (κ3) is 3.30. The molecule has 2 rings (SSSR count). The fraction of sp³-hybridized carbons (Fsp3) is 0.600. The van der Waals surface area contributed by atoms with Gasteiger partial charge in [0, 0.05) is 12.6 Å². The minimum atomic E-state index is -0.137. The Kier molecular flexibility index (Phi) is 4.36. The number of hydrogen-bond donors (Lipinski definition) is 1. The summed E-state index contributed by atoms with van der Waals surface area (Å²) in [4.78, 5) is 2.32. The quantitative estimate of drug-likeness (QED) is 0.893. The van der Waals surface area contributed by atoms with E-state index in [1.807, 2.05) is 12.1 Å². The number of rotatable bonds is 3. The van der Waals surface area contributed by atoms with Crippen LogP contribution in [0, 0.1) is 12.7 Å². The summed E-state index contributed by atoms with van der Waals surface area (Å²) in [6.45, 7) is 2.65. The zero-order valence-electron chi connectivity index (χ0n) is 11.2. The van der Waals surface area contributed by atoms with Crippen molar-refractivity contribution < 1.29 is 9.50 Å². The van der Waals surface area contributed by atoms with E-state index in [1.165, 1.54) is 0 Å². The summed E-state index contributed by atoms with van der Waals surface area (Å²) in [7, 11) is 2.11. The predicted octanol–water partition coefficient (Wildman–Crippen LogP) is 2.87. The van der Waals surface area contributed by atoms with Gasteiger partial charge in [0.15, 0.2) is 0 Å². The molecule has 0 saturated heterocycles. The van der Waals surface area contributed by atoms with Crippen LogP contribution in [0.3, 0.4) is 0 Å². The summed E-state index contributed by atoms with van der Waals surface area (Å²) < 4.78 is 13.2. The molecule has 0 bridgehead atoms. The minimum Gasteiger partial charge on any atom is -0.393 e. The molecule has 0 spiro atoms. The Labute approximate surface area is 108 Å². The summed E-state index contributed by atoms with van der Waals surface area (Å²) in [5, 5.41) is 9.51. The zero-order valence-corrected chi connectivity index (χ0v) is 11.2. The fourth-order valence-corrected chi connectivity index (χ4v) is 2.72. The maximum atomic E-state index is 13.2. The molecule has 1 aliphatic carbocycles. The topological polar surface area (TPSA) is 23.5 Å². The van der Waals surface area contributed by atoms with Crippen LogP contribution >= 0.6 is 0 Å². The maximum absolute atomic E-state index is 13.2. The summed E-state index contributed by atoms with van der Waals surface area (Å²) in [6.07, 6.45) is 3.80. The van der Waals surface area contributed by atoms with Crippen LogP contribution in [-0.2, 0) is 6.54 Å². The van der Waals surface area contributed by atoms with Crippen LogP contribution in [-0.4, -0.2) is 29.2 Å². The highest BCUT2D eigenvalue weighted by atomic mass is 19.1. The molecule has 1 aromatic rings. The molecule has 100 valence electrons. The van der Waals surface area contributed by atoms with Crippen molar-refractivity contribution in [1.82, 2.24) is 4.90 Å². The Balaban J connectivity index is 1.94. The van der Waals surface area contributed by atoms with Gasteiger partial charge in [-0.05, 0) is 56.8 Å². The second-order valence-corrected chi connectivity index (χ2v) is 5.46. The lowest BCUT2D eigenvalue weighted by Crippen LogP contribution is -2.35. The molecule has 0 aliphatic heterocycles. The van der Waals surface area contributed by atoms with Crippen LogP contribution in [0.1, 0.15) is 36.8 Å². The van der Waals surface area contributed by atoms with Crippen molar-refractivity contribution >= 4 is 0 Å². The summed E-state index contributed by atoms with van der Waals surface area (Å²) in [5.41, 5.74) is 1.86. The van der Waals surface area contributed by atoms with Crippen molar-refractivity contribution in [2.24, 2.45) is 0 Å². The van der Waals surface area contributed by atoms with Gasteiger partial charge >= 0.3 is 0 Å². The van der Waals surface area contributed by atoms with E-state index in [0.717, 1.165) is 37.8 Å². The zero-order chi connectivity index (χ0) is 13.1. The molecule has 3 heteroatoms. The van der Waals surface area contributed by atoms with Gasteiger partial charge in [0.05, 0.1) is 6.10 Å². The smallest absolute Gasteiger partial charge is 0.126 e. The fourth-order valence-electron chi connectivity index (χ4n) is 2.72. The van der Waals surface area contributed by atoms with E-state index in [4.69, 9.17) is 0 Å². The second kappa shape index (κ2) is 5.81. The van der Waals surface area contributed by atoms with Gasteiger partial charge in [-0.2, -0.15) is 0 Å². The van der Waals surface area contributed by atoms with Crippen LogP contribution in [0.25, 0.3) is 0 Å². The van der Waals surface area contributed by atoms with E-state index in [9.17, 15) is 9.50 Å². The number of aryl methyl sites for hydroxylation is 1. The van der Waals surface area contributed by atoms with E-state index in [1.54, 1.807) is 13.0 Å². The van der Waals surface area contributed by atoms with Crippen molar-refractivity contribution in [1.29, 1.82) is 0 Å². The molecular weight excluding hydrogens is 229 g/mol. The first-order valence-electron chi connectivity index (χ1n) is 6.69. The lowest BCUT2D eigenvalue weighted by molar-refractivity contribution is 0.0818. The predicted molar refractivity (Wildman–Crippen MR) is 70.9 cm³/mol. The Hall–Kier alpha value is -0.930. The van der Waals surface area contributed by atoms with Gasteiger partial charge in [-0.15, -0.1) is 0 Å². The molecule has 1 fully saturated rings. The molecule has 0 atom stereocenters. The monoisotopic (exact) mass is 251 g/mol. The molecule has 18 heavy (non-hydrogen) atoms. The molecule has 0 amide bonds. The van der Waals surface area contributed by atoms with Crippen molar-refractivity contribution in [3.63, 3.8) is 0 Å². The van der Waals surface area contributed by atoms with Gasteiger partial charge in [0.1, 0.15) is 5.82 Å². The van der Waals surface area contributed by atoms with Crippen molar-refractivity contribution in [3.8, 4) is 0 Å². The molecule has 2 nitrogen and oxygen atoms in total. The summed E-state index contributed by atoms with van der Waals surface area (Å²) in [6, 6.07) is 5.86. The van der Waals surface area contributed by atoms with Crippen LogP contribution in [0.4, 0.5) is 4.39 Å². The average molecular weight is 251 g/mol. The third-order valence-electron chi connectivity index (χ3n) is 3.94. The number of nitrogens with zero attached hydrogens (tertiary/aromatic N) is 1. The van der Waals surface area contributed by atoms with Crippen LogP contribution in [0.15, 0.2) is 18.2 Å². The standard InChI is InChI=1S/C15H22FNO/c1-11-9-12(3-8-15(11)16)10-17(2)13-4-6-14(18)7-5-13/h3,8-9,13-14,18H,4-7,10H2,1-2H3. The maximum Gasteiger partial charge on any atom is 0.126 e. The van der Waals surface area contributed by atoms with Crippen molar-refractivity contribution in [3.05, 3.63) is 35.1 Å². The first-order chi connectivity index (χ1) is 8.56. The number of hydrogen-bond acceptors (Lipinski definition) is 2. The number of benzene rings is 1. The highest BCUT2D eigenvalue weighted by Gasteiger charge is 2.22. The first kappa shape index (κ1) is 13.5. The molecule has 1 aromatic carbocycles. The second-order valence-electron chi connectivity index (χ2n) is 5.46. The number of aliphatic hydroxyl groups is 1. The average Bonchev–Trinajstić information content (AvgIpc) is 2.34. The lowest BCUT2D eigenvalue weighted by Gasteiger charge is -2.33. The molecular formula is C15H22FNO. The van der Waals surface area contributed by atoms with Gasteiger partial charge in [0.2, 0.25) is 0 Å². The Bertz CT molecular complexity index is 399. The first-order valence-corrected chi connectivity index (χ1v) is 6.69. The van der Waals surface area contributed by atoms with E-state index in [2.05, 4.69) is 11.9 Å². The summed E-state index contributed by atoms with van der Waals surface area (Å²) >= 11 is 0. The van der Waals surface area contributed by atoms with Gasteiger partial charge in [-0.3, -0.25) is 4.90 Å². The van der Waals surface area contributed by atoms with Crippen molar-refractivity contribution in [2.75, 3.05) is 7.05 Å². The molecule has 1 aliphatic rings. The van der Waals surface area contributed by atoms with Gasteiger partial charge < -0.3 is 5.11 Å². The third-order valence-corrected chi connectivity index (χ3v) is 3.94. The van der Waals surface area contributed by atoms with E-state index in [-0.39, 0.29) is 11.9 Å². The van der Waals surface area contributed by atoms with E-state index >= 15 is 0 Å². The molecule has 0 radical (unpaired) electrons. The van der Waals surface area contributed by atoms with E-state index < -0.39 is 0 Å². The minimum absolute atomic E-state index is 0.109. The van der Waals surface area contributed by atoms with Gasteiger partial charge in [-0.25, -0.2) is 4.39 Å². The highest BCUT2D eigenvalue weighted by Crippen LogP contribution is 2.23. The Morgan fingerprint density at radius 2 is 1.94 bits per heavy atom. The molecule has 1 saturated carbocycles. The number of halogens is 1. The molecule has 0 heterocycles. The Morgan fingerprint density at radius 3 is 2.56 bits per heavy atom. The van der Waals surface area contributed by atoms with Crippen molar-refractivity contribution in [2.45, 2.75) is 51.3 Å². The normalized spacial score (nSPS) is 24.5. The lowest BCUT2D eigenvalue weighted by atomic mass is 9.92. The van der Waals surface area contributed by atoms with Crippen LogP contribution in [0.5, 0.6) is 0 Å². The van der Waals surface area contributed by atoms with Gasteiger partial charge in [0.25, 0.3) is 0 Å². The molecule has 0 unspecified atom stereocenters. The Morgan fingerprint density at radius 1 is 1.28 bits per heavy atom. The van der Waals surface area contributed by atoms with E-state index in [0.29, 0.717) is 11.6 Å². The largest absolute Gasteiger partial charge is 0.393 e. The molecule has 0 aromatic heterocycles. The SMILES string of the molecule is Cc1cc(CN(C)C2CCC(O)CC2)ccc1F. The highest BCUT2D eigenvalue weighted by molar-refractivity contribution is 5.23. The number of aliphatic hydroxyl groups excluding tert-OH is 1. The summed E-state index contributed by atoms with van der Waals surface area (Å²) in [5.74, 6) is -0.137. The van der Waals surface area contributed by atoms with Crippen LogP contribution < -0.4 is 0 Å². The molecule has 1 N–H and O–H groups in total. The van der Waals surface area contributed by atoms with Crippen LogP contribution in [0.2, 0.25) is 0 Å². The van der Waals surface area contributed by atoms with Gasteiger partial charge in [-0.1, -0.05) is 12.1 Å².